The van der Waals surface area contributed by atoms with E-state index in [9.17, 15) is 0 Å². The molecule has 1 aliphatic rings. The number of benzene rings is 6. The van der Waals surface area contributed by atoms with Crippen LogP contribution < -0.4 is 50.7 Å². The van der Waals surface area contributed by atoms with E-state index in [4.69, 9.17) is 55.2 Å². The van der Waals surface area contributed by atoms with Gasteiger partial charge in [-0.15, -0.1) is 4.52 Å². The Bertz CT molecular complexity index is 2160. The first kappa shape index (κ1) is 36.7. The highest BCUT2D eigenvalue weighted by molar-refractivity contribution is 7.78. The first-order valence-corrected chi connectivity index (χ1v) is 20.5. The van der Waals surface area contributed by atoms with Crippen LogP contribution in [0.3, 0.4) is 0 Å². The zero-order valence-corrected chi connectivity index (χ0v) is 32.0. The van der Waals surface area contributed by atoms with Gasteiger partial charge in [-0.3, -0.25) is 0 Å². The lowest BCUT2D eigenvalue weighted by Gasteiger charge is -2.43. The van der Waals surface area contributed by atoms with Gasteiger partial charge in [0.1, 0.15) is 34.5 Å². The second-order valence-corrected chi connectivity index (χ2v) is 17.6. The van der Waals surface area contributed by atoms with Crippen molar-refractivity contribution >= 4 is 47.3 Å². The standard InChI is InChI=1S/C38H38N7O6P3/c1-27-3-15-37(16-4-27)50-54(51-38-17-5-28(2)6-18-38)43-52(48-35-23-11-31(41)12-24-35)44(46-33-19-7-29(39)8-20-33)53(49-36-25-13-32(42)14-26-36)45(54)47-34-21-9-30(40)10-22-34/h3-26H,39-42H2,1-2H3. The van der Waals surface area contributed by atoms with E-state index < -0.39 is 24.6 Å². The maximum Gasteiger partial charge on any atom is 0.447 e. The molecule has 0 spiro atoms. The van der Waals surface area contributed by atoms with E-state index in [-0.39, 0.29) is 0 Å². The molecule has 6 aromatic rings. The van der Waals surface area contributed by atoms with E-state index in [1.165, 1.54) is 9.21 Å². The maximum absolute atomic E-state index is 6.96. The molecule has 0 saturated heterocycles. The average Bonchev–Trinajstić information content (AvgIpc) is 3.16. The lowest BCUT2D eigenvalue weighted by molar-refractivity contribution is 0.0546. The van der Waals surface area contributed by atoms with Crippen LogP contribution in [-0.2, 0) is 0 Å². The monoisotopic (exact) mass is 781 g/mol. The summed E-state index contributed by atoms with van der Waals surface area (Å²) in [5.41, 5.74) is 28.6. The predicted octanol–water partition coefficient (Wildman–Crippen LogP) is 10.3. The summed E-state index contributed by atoms with van der Waals surface area (Å²) < 4.78 is 35.8. The first-order chi connectivity index (χ1) is 26.1. The normalized spacial score (nSPS) is 16.8. The van der Waals surface area contributed by atoms with Gasteiger partial charge < -0.3 is 50.7 Å². The number of anilines is 4. The molecule has 0 amide bonds. The molecule has 8 N–H and O–H groups in total. The molecular formula is C38H38N7O6P3. The summed E-state index contributed by atoms with van der Waals surface area (Å²) in [7, 11) is -8.36. The summed E-state index contributed by atoms with van der Waals surface area (Å²) in [5.74, 6) is 2.67. The number of hydrogen-bond acceptors (Lipinski definition) is 13. The van der Waals surface area contributed by atoms with Gasteiger partial charge in [-0.25, -0.2) is 0 Å². The van der Waals surface area contributed by atoms with E-state index >= 15 is 0 Å². The van der Waals surface area contributed by atoms with E-state index in [2.05, 4.69) is 0 Å². The van der Waals surface area contributed by atoms with Crippen LogP contribution in [0.25, 0.3) is 0 Å². The van der Waals surface area contributed by atoms with Crippen molar-refractivity contribution in [3.63, 3.8) is 0 Å². The third-order valence-electron chi connectivity index (χ3n) is 7.60. The molecular weight excluding hydrogens is 743 g/mol. The highest BCUT2D eigenvalue weighted by Gasteiger charge is 2.58. The molecule has 2 atom stereocenters. The molecule has 276 valence electrons. The van der Waals surface area contributed by atoms with Gasteiger partial charge in [0.15, 0.2) is 0 Å². The van der Waals surface area contributed by atoms with Crippen molar-refractivity contribution in [3.05, 3.63) is 157 Å². The van der Waals surface area contributed by atoms with E-state index in [0.717, 1.165) is 11.1 Å². The summed E-state index contributed by atoms with van der Waals surface area (Å²) in [6, 6.07) is 42.9. The Morgan fingerprint density at radius 3 is 1.22 bits per heavy atom. The molecule has 54 heavy (non-hydrogen) atoms. The Kier molecular flexibility index (Phi) is 11.0. The number of nitrogens with zero attached hydrogens (tertiary/aromatic N) is 3. The van der Waals surface area contributed by atoms with Gasteiger partial charge in [0.2, 0.25) is 0 Å². The van der Waals surface area contributed by atoms with Crippen LogP contribution in [0.4, 0.5) is 22.7 Å². The summed E-state index contributed by atoms with van der Waals surface area (Å²) in [6.07, 6.45) is 0. The molecule has 16 heteroatoms. The lowest BCUT2D eigenvalue weighted by atomic mass is 10.2. The first-order valence-electron chi connectivity index (χ1n) is 16.6. The van der Waals surface area contributed by atoms with Crippen molar-refractivity contribution in [3.8, 4) is 34.5 Å². The van der Waals surface area contributed by atoms with Crippen LogP contribution in [0.15, 0.2) is 150 Å². The Hall–Kier alpha value is -5.67. The third-order valence-corrected chi connectivity index (χ3v) is 14.5. The van der Waals surface area contributed by atoms with Gasteiger partial charge in [0.25, 0.3) is 0 Å². The summed E-state index contributed by atoms with van der Waals surface area (Å²) >= 11 is 0. The lowest BCUT2D eigenvalue weighted by Crippen LogP contribution is -2.37. The Morgan fingerprint density at radius 2 is 0.796 bits per heavy atom. The van der Waals surface area contributed by atoms with Gasteiger partial charge >= 0.3 is 24.6 Å². The van der Waals surface area contributed by atoms with Crippen molar-refractivity contribution in [2.24, 2.45) is 4.52 Å². The molecule has 0 aromatic heterocycles. The molecule has 7 rings (SSSR count). The van der Waals surface area contributed by atoms with Crippen LogP contribution in [0, 0.1) is 13.8 Å². The van der Waals surface area contributed by atoms with Crippen LogP contribution in [0.5, 0.6) is 34.5 Å². The van der Waals surface area contributed by atoms with E-state index in [1.807, 2.05) is 62.4 Å². The maximum atomic E-state index is 6.96. The van der Waals surface area contributed by atoms with Gasteiger partial charge in [-0.05, 0) is 135 Å². The van der Waals surface area contributed by atoms with Crippen LogP contribution >= 0.6 is 24.6 Å². The molecule has 13 nitrogen and oxygen atoms in total. The minimum Gasteiger partial charge on any atom is -0.440 e. The van der Waals surface area contributed by atoms with Gasteiger partial charge in [-0.1, -0.05) is 35.4 Å². The Balaban J connectivity index is 1.48. The fourth-order valence-electron chi connectivity index (χ4n) is 4.76. The molecule has 0 saturated carbocycles. The minimum absolute atomic E-state index is 0.398. The van der Waals surface area contributed by atoms with Crippen molar-refractivity contribution < 1.29 is 27.8 Å². The topological polar surface area (TPSA) is 178 Å². The smallest absolute Gasteiger partial charge is 0.440 e. The average molecular weight is 782 g/mol. The minimum atomic E-state index is -3.89. The van der Waals surface area contributed by atoms with E-state index in [0.29, 0.717) is 57.2 Å². The zero-order valence-electron chi connectivity index (χ0n) is 29.3. The van der Waals surface area contributed by atoms with Crippen molar-refractivity contribution in [1.82, 2.24) is 9.21 Å². The fraction of sp³-hybridized carbons (Fsp3) is 0.0526. The number of aryl methyl sites for hydroxylation is 2. The molecule has 0 radical (unpaired) electrons. The Labute approximate surface area is 316 Å². The van der Waals surface area contributed by atoms with Crippen LogP contribution in [-0.4, -0.2) is 9.21 Å². The molecule has 1 aliphatic heterocycles. The molecule has 0 bridgehead atoms. The number of hydrogen-bond donors (Lipinski definition) is 4. The second kappa shape index (κ2) is 16.1. The SMILES string of the molecule is Cc1ccc(OP2(Oc3ccc(C)cc3)=NP(Oc3ccc(N)cc3)N(Oc3ccc(N)cc3)P(Oc3ccc(N)cc3)N2Oc2ccc(N)cc2)cc1. The van der Waals surface area contributed by atoms with Gasteiger partial charge in [-0.2, -0.15) is 0 Å². The van der Waals surface area contributed by atoms with Crippen molar-refractivity contribution in [1.29, 1.82) is 0 Å². The van der Waals surface area contributed by atoms with Crippen LogP contribution in [0.2, 0.25) is 0 Å². The van der Waals surface area contributed by atoms with E-state index in [1.54, 1.807) is 97.1 Å². The Morgan fingerprint density at radius 1 is 0.444 bits per heavy atom. The zero-order chi connectivity index (χ0) is 37.7. The summed E-state index contributed by atoms with van der Waals surface area (Å²) in [6.45, 7) is 3.98. The third kappa shape index (κ3) is 8.92. The van der Waals surface area contributed by atoms with Crippen LogP contribution in [0.1, 0.15) is 11.1 Å². The van der Waals surface area contributed by atoms with Gasteiger partial charge in [0.05, 0.1) is 0 Å². The quantitative estimate of drug-likeness (QED) is 0.0683. The largest absolute Gasteiger partial charge is 0.447 e. The van der Waals surface area contributed by atoms with Crippen molar-refractivity contribution in [2.75, 3.05) is 22.9 Å². The number of rotatable bonds is 12. The second-order valence-electron chi connectivity index (χ2n) is 12.0. The fourth-order valence-corrected chi connectivity index (χ4v) is 12.3. The molecule has 0 fully saturated rings. The molecule has 2 unspecified atom stereocenters. The molecule has 0 aliphatic carbocycles. The molecule has 1 heterocycles. The summed E-state index contributed by atoms with van der Waals surface area (Å²) in [5, 5.41) is 0. The summed E-state index contributed by atoms with van der Waals surface area (Å²) in [4.78, 5) is 13.4. The van der Waals surface area contributed by atoms with Crippen molar-refractivity contribution in [2.45, 2.75) is 13.8 Å². The number of nitrogens with two attached hydrogens (primary N) is 4. The predicted molar refractivity (Wildman–Crippen MR) is 216 cm³/mol. The highest BCUT2D eigenvalue weighted by atomic mass is 31.3. The molecule has 6 aromatic carbocycles. The van der Waals surface area contributed by atoms with Gasteiger partial charge in [0, 0.05) is 32.0 Å². The highest BCUT2D eigenvalue weighted by Crippen LogP contribution is 2.77. The number of nitrogen functional groups attached to an aromatic ring is 4.